The number of amides is 2. The second kappa shape index (κ2) is 10.4. The van der Waals surface area contributed by atoms with Gasteiger partial charge in [0, 0.05) is 12.1 Å². The van der Waals surface area contributed by atoms with E-state index in [-0.39, 0.29) is 0 Å². The number of carbonyl (C=O) groups is 2. The highest BCUT2D eigenvalue weighted by atomic mass is 32.2. The van der Waals surface area contributed by atoms with Crippen LogP contribution in [0.4, 0.5) is 18.9 Å². The Hall–Kier alpha value is -3.27. The molecule has 1 aromatic heterocycles. The number of thioether (sulfide) groups is 1. The zero-order valence-corrected chi connectivity index (χ0v) is 18.2. The summed E-state index contributed by atoms with van der Waals surface area (Å²) in [5.41, 5.74) is 2.38. The number of anilines is 1. The maximum atomic E-state index is 13.6. The van der Waals surface area contributed by atoms with E-state index in [4.69, 9.17) is 0 Å². The number of aromatic amines is 1. The fourth-order valence-corrected chi connectivity index (χ4v) is 3.73. The Kier molecular flexibility index (Phi) is 7.57. The van der Waals surface area contributed by atoms with E-state index in [0.717, 1.165) is 23.0 Å². The molecule has 3 aromatic rings. The van der Waals surface area contributed by atoms with Crippen LogP contribution in [0, 0.1) is 24.4 Å². The Balaban J connectivity index is 1.51. The van der Waals surface area contributed by atoms with Gasteiger partial charge >= 0.3 is 0 Å². The summed E-state index contributed by atoms with van der Waals surface area (Å²) in [6.45, 7) is 3.10. The summed E-state index contributed by atoms with van der Waals surface area (Å²) >= 11 is 1.20. The molecule has 0 aliphatic heterocycles. The molecular formula is C22H21F3N4O2S. The Morgan fingerprint density at radius 1 is 1.09 bits per heavy atom. The van der Waals surface area contributed by atoms with Gasteiger partial charge in [-0.2, -0.15) is 0 Å². The van der Waals surface area contributed by atoms with Crippen molar-refractivity contribution < 1.29 is 22.8 Å². The number of benzene rings is 2. The number of carbonyl (C=O) groups excluding carboxylic acids is 2. The molecule has 0 fully saturated rings. The average Bonchev–Trinajstić information content (AvgIpc) is 3.11. The van der Waals surface area contributed by atoms with Gasteiger partial charge in [0.1, 0.15) is 0 Å². The number of aryl methyl sites for hydroxylation is 1. The lowest BCUT2D eigenvalue weighted by atomic mass is 10.1. The first-order valence-corrected chi connectivity index (χ1v) is 10.6. The van der Waals surface area contributed by atoms with E-state index in [9.17, 15) is 22.8 Å². The molecule has 6 nitrogen and oxygen atoms in total. The number of hydrogen-bond donors (Lipinski definition) is 3. The van der Waals surface area contributed by atoms with Crippen molar-refractivity contribution in [1.29, 1.82) is 0 Å². The second-order valence-corrected chi connectivity index (χ2v) is 8.35. The number of H-pyrrole nitrogens is 1. The van der Waals surface area contributed by atoms with Crippen LogP contribution in [0.25, 0.3) is 0 Å². The summed E-state index contributed by atoms with van der Waals surface area (Å²) in [6.07, 6.45) is 0.658. The third-order valence-corrected chi connectivity index (χ3v) is 5.55. The SMILES string of the molecule is Cc1[nH]c(SC(C)C(=O)NCC(=O)Nc2ccc(F)c(F)c2F)nc1Cc1ccccc1. The van der Waals surface area contributed by atoms with Crippen LogP contribution in [0.5, 0.6) is 0 Å². The van der Waals surface area contributed by atoms with Crippen LogP contribution in [0.2, 0.25) is 0 Å². The third kappa shape index (κ3) is 5.91. The van der Waals surface area contributed by atoms with Crippen molar-refractivity contribution in [2.75, 3.05) is 11.9 Å². The van der Waals surface area contributed by atoms with Gasteiger partial charge in [0.15, 0.2) is 22.6 Å². The van der Waals surface area contributed by atoms with Gasteiger partial charge in [0.25, 0.3) is 0 Å². The minimum atomic E-state index is -1.68. The first kappa shape index (κ1) is 23.4. The standard InChI is InChI=1S/C22H21F3N4O2S/c1-12-17(10-14-6-4-3-5-7-14)29-22(27-12)32-13(2)21(31)26-11-18(30)28-16-9-8-15(23)19(24)20(16)25/h3-9,13H,10-11H2,1-2H3,(H,26,31)(H,27,29)(H,28,30). The number of rotatable bonds is 8. The highest BCUT2D eigenvalue weighted by Gasteiger charge is 2.19. The van der Waals surface area contributed by atoms with Gasteiger partial charge in [-0.05, 0) is 31.5 Å². The van der Waals surface area contributed by atoms with Crippen molar-refractivity contribution >= 4 is 29.3 Å². The quantitative estimate of drug-likeness (QED) is 0.349. The summed E-state index contributed by atoms with van der Waals surface area (Å²) in [7, 11) is 0. The van der Waals surface area contributed by atoms with Gasteiger partial charge in [-0.1, -0.05) is 42.1 Å². The fraction of sp³-hybridized carbons (Fsp3) is 0.227. The highest BCUT2D eigenvalue weighted by Crippen LogP contribution is 2.23. The average molecular weight is 462 g/mol. The van der Waals surface area contributed by atoms with Gasteiger partial charge in [-0.25, -0.2) is 18.2 Å². The molecule has 1 heterocycles. The lowest BCUT2D eigenvalue weighted by Crippen LogP contribution is -2.37. The molecule has 3 N–H and O–H groups in total. The Morgan fingerprint density at radius 3 is 2.53 bits per heavy atom. The molecule has 0 aliphatic rings. The normalized spacial score (nSPS) is 11.8. The number of aromatic nitrogens is 2. The lowest BCUT2D eigenvalue weighted by molar-refractivity contribution is -0.123. The zero-order valence-electron chi connectivity index (χ0n) is 17.3. The van der Waals surface area contributed by atoms with Crippen LogP contribution in [-0.2, 0) is 16.0 Å². The smallest absolute Gasteiger partial charge is 0.243 e. The van der Waals surface area contributed by atoms with Crippen LogP contribution in [0.15, 0.2) is 47.6 Å². The van der Waals surface area contributed by atoms with E-state index in [1.54, 1.807) is 6.92 Å². The predicted molar refractivity (Wildman–Crippen MR) is 116 cm³/mol. The van der Waals surface area contributed by atoms with Crippen molar-refractivity contribution in [3.63, 3.8) is 0 Å². The van der Waals surface area contributed by atoms with Crippen molar-refractivity contribution in [2.24, 2.45) is 0 Å². The molecule has 0 saturated heterocycles. The van der Waals surface area contributed by atoms with E-state index < -0.39 is 46.7 Å². The van der Waals surface area contributed by atoms with Gasteiger partial charge in [0.05, 0.1) is 23.2 Å². The molecule has 0 bridgehead atoms. The maximum absolute atomic E-state index is 13.6. The van der Waals surface area contributed by atoms with Crippen molar-refractivity contribution in [1.82, 2.24) is 15.3 Å². The zero-order chi connectivity index (χ0) is 23.3. The summed E-state index contributed by atoms with van der Waals surface area (Å²) in [6, 6.07) is 11.5. The second-order valence-electron chi connectivity index (χ2n) is 7.02. The molecule has 2 amide bonds. The summed E-state index contributed by atoms with van der Waals surface area (Å²) in [5, 5.41) is 4.52. The van der Waals surface area contributed by atoms with E-state index in [0.29, 0.717) is 17.6 Å². The number of nitrogens with one attached hydrogen (secondary N) is 3. The molecule has 0 radical (unpaired) electrons. The molecule has 0 spiro atoms. The number of hydrogen-bond acceptors (Lipinski definition) is 4. The van der Waals surface area contributed by atoms with E-state index in [1.165, 1.54) is 11.8 Å². The highest BCUT2D eigenvalue weighted by molar-refractivity contribution is 8.00. The number of imidazole rings is 1. The predicted octanol–water partition coefficient (Wildman–Crippen LogP) is 3.96. The van der Waals surface area contributed by atoms with Crippen molar-refractivity contribution in [2.45, 2.75) is 30.7 Å². The number of halogens is 3. The van der Waals surface area contributed by atoms with Crippen molar-refractivity contribution in [3.8, 4) is 0 Å². The summed E-state index contributed by atoms with van der Waals surface area (Å²) < 4.78 is 39.8. The van der Waals surface area contributed by atoms with Gasteiger partial charge in [-0.15, -0.1) is 0 Å². The topological polar surface area (TPSA) is 86.9 Å². The van der Waals surface area contributed by atoms with Crippen LogP contribution < -0.4 is 10.6 Å². The Labute approximate surface area is 187 Å². The minimum Gasteiger partial charge on any atom is -0.346 e. The minimum absolute atomic E-state index is 0.436. The van der Waals surface area contributed by atoms with E-state index >= 15 is 0 Å². The molecule has 1 atom stereocenters. The molecular weight excluding hydrogens is 441 g/mol. The van der Waals surface area contributed by atoms with Crippen LogP contribution in [-0.4, -0.2) is 33.6 Å². The number of nitrogens with zero attached hydrogens (tertiary/aromatic N) is 1. The molecule has 0 saturated carbocycles. The molecule has 32 heavy (non-hydrogen) atoms. The first-order chi connectivity index (χ1) is 15.2. The van der Waals surface area contributed by atoms with Gasteiger partial charge in [-0.3, -0.25) is 9.59 Å². The van der Waals surface area contributed by atoms with Crippen LogP contribution >= 0.6 is 11.8 Å². The van der Waals surface area contributed by atoms with Crippen LogP contribution in [0.3, 0.4) is 0 Å². The van der Waals surface area contributed by atoms with Gasteiger partial charge in [0.2, 0.25) is 11.8 Å². The van der Waals surface area contributed by atoms with E-state index in [1.807, 2.05) is 37.3 Å². The third-order valence-electron chi connectivity index (χ3n) is 4.57. The lowest BCUT2D eigenvalue weighted by Gasteiger charge is -2.11. The maximum Gasteiger partial charge on any atom is 0.243 e. The molecule has 1 unspecified atom stereocenters. The van der Waals surface area contributed by atoms with Crippen LogP contribution in [0.1, 0.15) is 23.9 Å². The largest absolute Gasteiger partial charge is 0.346 e. The molecule has 3 rings (SSSR count). The molecule has 168 valence electrons. The fourth-order valence-electron chi connectivity index (χ4n) is 2.83. The van der Waals surface area contributed by atoms with E-state index in [2.05, 4.69) is 20.6 Å². The van der Waals surface area contributed by atoms with Gasteiger partial charge < -0.3 is 15.6 Å². The summed E-state index contributed by atoms with van der Waals surface area (Å²) in [4.78, 5) is 31.9. The molecule has 2 aromatic carbocycles. The Morgan fingerprint density at radius 2 is 1.81 bits per heavy atom. The monoisotopic (exact) mass is 462 g/mol. The summed E-state index contributed by atoms with van der Waals surface area (Å²) in [5.74, 6) is -5.76. The first-order valence-electron chi connectivity index (χ1n) is 9.71. The van der Waals surface area contributed by atoms with Crippen molar-refractivity contribution in [3.05, 3.63) is 76.9 Å². The Bertz CT molecular complexity index is 1120. The molecule has 10 heteroatoms. The molecule has 0 aliphatic carbocycles.